The van der Waals surface area contributed by atoms with Crippen LogP contribution in [0.2, 0.25) is 0 Å². The van der Waals surface area contributed by atoms with Gasteiger partial charge in [0.2, 0.25) is 0 Å². The second kappa shape index (κ2) is 15.1. The zero-order chi connectivity index (χ0) is 44.7. The number of benzene rings is 10. The van der Waals surface area contributed by atoms with E-state index in [1.165, 1.54) is 55.6 Å². The summed E-state index contributed by atoms with van der Waals surface area (Å²) in [4.78, 5) is 4.83. The predicted octanol–water partition coefficient (Wildman–Crippen LogP) is 17.2. The highest BCUT2D eigenvalue weighted by Crippen LogP contribution is 2.57. The van der Waals surface area contributed by atoms with Gasteiger partial charge in [0, 0.05) is 50.3 Å². The number of anilines is 6. The highest BCUT2D eigenvalue weighted by molar-refractivity contribution is 6.06. The Morgan fingerprint density at radius 1 is 0.299 bits per heavy atom. The van der Waals surface area contributed by atoms with Crippen LogP contribution in [0.15, 0.2) is 247 Å². The van der Waals surface area contributed by atoms with Gasteiger partial charge in [-0.3, -0.25) is 0 Å². The van der Waals surface area contributed by atoms with E-state index < -0.39 is 5.41 Å². The van der Waals surface area contributed by atoms with E-state index in [1.807, 2.05) is 6.07 Å². The topological polar surface area (TPSA) is 19.6 Å². The second-order valence-corrected chi connectivity index (χ2v) is 18.5. The molecule has 3 heteroatoms. The molecule has 318 valence electrons. The molecule has 2 aliphatic carbocycles. The third-order valence-electron chi connectivity index (χ3n) is 14.5. The molecular formula is C64H46N2O. The molecular weight excluding hydrogens is 813 g/mol. The van der Waals surface area contributed by atoms with Gasteiger partial charge in [-0.15, -0.1) is 0 Å². The molecule has 0 atom stereocenters. The molecule has 0 saturated carbocycles. The van der Waals surface area contributed by atoms with Gasteiger partial charge in [-0.25, -0.2) is 0 Å². The summed E-state index contributed by atoms with van der Waals surface area (Å²) in [6.45, 7) is 4.71. The number of hydrogen-bond donors (Lipinski definition) is 0. The van der Waals surface area contributed by atoms with Gasteiger partial charge in [0.15, 0.2) is 0 Å². The van der Waals surface area contributed by atoms with Crippen molar-refractivity contribution in [3.05, 3.63) is 276 Å². The van der Waals surface area contributed by atoms with E-state index >= 15 is 0 Å². The molecule has 0 N–H and O–H groups in total. The minimum Gasteiger partial charge on any atom is -0.456 e. The highest BCUT2D eigenvalue weighted by atomic mass is 16.3. The van der Waals surface area contributed by atoms with E-state index in [4.69, 9.17) is 4.42 Å². The number of nitrogens with zero attached hydrogens (tertiary/aromatic N) is 2. The SMILES string of the molecule is CC1(C)c2ccccc2-c2ccc(N(c3ccccc3)c3cccc(N(c4cccc(C5(c6ccccc6)c6ccccc6-c6ccccc65)c4)c4ccc5oc6ccccc6c5c4)c3)cc21. The molecule has 0 amide bonds. The summed E-state index contributed by atoms with van der Waals surface area (Å²) in [5.74, 6) is 0. The number of rotatable bonds is 8. The van der Waals surface area contributed by atoms with Crippen LogP contribution in [0, 0.1) is 0 Å². The van der Waals surface area contributed by atoms with Crippen LogP contribution in [0.25, 0.3) is 44.2 Å². The average Bonchev–Trinajstić information content (AvgIpc) is 3.98. The molecule has 11 aromatic rings. The molecule has 2 aliphatic rings. The minimum absolute atomic E-state index is 0.138. The Balaban J connectivity index is 1.03. The van der Waals surface area contributed by atoms with Gasteiger partial charge in [0.25, 0.3) is 0 Å². The fourth-order valence-corrected chi connectivity index (χ4v) is 11.5. The lowest BCUT2D eigenvalue weighted by Crippen LogP contribution is -2.28. The van der Waals surface area contributed by atoms with E-state index in [2.05, 4.69) is 260 Å². The van der Waals surface area contributed by atoms with Crippen LogP contribution in [-0.2, 0) is 10.8 Å². The van der Waals surface area contributed by atoms with Crippen LogP contribution in [0.5, 0.6) is 0 Å². The predicted molar refractivity (Wildman–Crippen MR) is 278 cm³/mol. The number of fused-ring (bicyclic) bond motifs is 9. The van der Waals surface area contributed by atoms with Crippen LogP contribution < -0.4 is 9.80 Å². The Labute approximate surface area is 391 Å². The summed E-state index contributed by atoms with van der Waals surface area (Å²) in [5, 5.41) is 2.18. The van der Waals surface area contributed by atoms with Crippen molar-refractivity contribution >= 4 is 56.1 Å². The van der Waals surface area contributed by atoms with Crippen molar-refractivity contribution in [2.45, 2.75) is 24.7 Å². The molecule has 1 aromatic heterocycles. The minimum atomic E-state index is -0.548. The maximum absolute atomic E-state index is 6.40. The van der Waals surface area contributed by atoms with E-state index in [0.29, 0.717) is 0 Å². The lowest BCUT2D eigenvalue weighted by molar-refractivity contribution is 0.660. The molecule has 0 spiro atoms. The van der Waals surface area contributed by atoms with Gasteiger partial charge in [-0.1, -0.05) is 178 Å². The first kappa shape index (κ1) is 39.0. The summed E-state index contributed by atoms with van der Waals surface area (Å²) >= 11 is 0. The van der Waals surface area contributed by atoms with Crippen molar-refractivity contribution in [1.82, 2.24) is 0 Å². The van der Waals surface area contributed by atoms with Gasteiger partial charge >= 0.3 is 0 Å². The third kappa shape index (κ3) is 5.91. The Morgan fingerprint density at radius 2 is 0.761 bits per heavy atom. The first-order chi connectivity index (χ1) is 33.0. The number of furan rings is 1. The van der Waals surface area contributed by atoms with Crippen molar-refractivity contribution < 1.29 is 4.42 Å². The standard InChI is InChI=1S/C64H46N2O/c1-63(2)57-31-13-9-27-51(57)54-37-35-50(42-60(54)63)65(45-22-7-4-8-23-45)47-25-18-26-48(40-47)66(49-36-38-62-56(41-49)55-30-12-16-34-61(55)67-62)46-24-17-21-44(39-46)64(43-19-5-3-6-20-43)58-32-14-10-28-52(58)53-29-11-15-33-59(53)64/h3-42H,1-2H3. The summed E-state index contributed by atoms with van der Waals surface area (Å²) in [6.07, 6.45) is 0. The molecule has 0 aliphatic heterocycles. The van der Waals surface area contributed by atoms with Gasteiger partial charge in [-0.05, 0) is 134 Å². The maximum Gasteiger partial charge on any atom is 0.135 e. The summed E-state index contributed by atoms with van der Waals surface area (Å²) in [7, 11) is 0. The summed E-state index contributed by atoms with van der Waals surface area (Å²) < 4.78 is 6.40. The zero-order valence-electron chi connectivity index (χ0n) is 37.4. The molecule has 0 saturated heterocycles. The first-order valence-corrected chi connectivity index (χ1v) is 23.2. The fraction of sp³-hybridized carbons (Fsp3) is 0.0625. The molecule has 3 nitrogen and oxygen atoms in total. The summed E-state index contributed by atoms with van der Waals surface area (Å²) in [6, 6.07) is 88.8. The van der Waals surface area contributed by atoms with E-state index in [1.54, 1.807) is 0 Å². The quantitative estimate of drug-likeness (QED) is 0.152. The molecule has 0 fully saturated rings. The van der Waals surface area contributed by atoms with E-state index in [0.717, 1.165) is 56.1 Å². The molecule has 0 bridgehead atoms. The van der Waals surface area contributed by atoms with Gasteiger partial charge < -0.3 is 14.2 Å². The Kier molecular flexibility index (Phi) is 8.78. The lowest BCUT2D eigenvalue weighted by atomic mass is 9.67. The van der Waals surface area contributed by atoms with Crippen molar-refractivity contribution in [3.8, 4) is 22.3 Å². The molecule has 1 heterocycles. The van der Waals surface area contributed by atoms with Crippen LogP contribution >= 0.6 is 0 Å². The van der Waals surface area contributed by atoms with Crippen molar-refractivity contribution in [2.75, 3.05) is 9.80 Å². The Bertz CT molecular complexity index is 3650. The molecule has 67 heavy (non-hydrogen) atoms. The van der Waals surface area contributed by atoms with Gasteiger partial charge in [0.05, 0.1) is 5.41 Å². The maximum atomic E-state index is 6.40. The van der Waals surface area contributed by atoms with Gasteiger partial charge in [0.1, 0.15) is 11.2 Å². The number of hydrogen-bond acceptors (Lipinski definition) is 3. The zero-order valence-corrected chi connectivity index (χ0v) is 37.4. The average molecular weight is 859 g/mol. The van der Waals surface area contributed by atoms with Gasteiger partial charge in [-0.2, -0.15) is 0 Å². The van der Waals surface area contributed by atoms with Crippen LogP contribution in [0.4, 0.5) is 34.1 Å². The first-order valence-electron chi connectivity index (χ1n) is 23.2. The van der Waals surface area contributed by atoms with Crippen LogP contribution in [0.1, 0.15) is 47.2 Å². The lowest BCUT2D eigenvalue weighted by Gasteiger charge is -2.35. The smallest absolute Gasteiger partial charge is 0.135 e. The third-order valence-corrected chi connectivity index (χ3v) is 14.5. The highest BCUT2D eigenvalue weighted by Gasteiger charge is 2.46. The molecule has 0 unspecified atom stereocenters. The Morgan fingerprint density at radius 3 is 1.48 bits per heavy atom. The van der Waals surface area contributed by atoms with Crippen LogP contribution in [-0.4, -0.2) is 0 Å². The molecule has 10 aromatic carbocycles. The normalized spacial score (nSPS) is 13.8. The van der Waals surface area contributed by atoms with Crippen molar-refractivity contribution in [3.63, 3.8) is 0 Å². The van der Waals surface area contributed by atoms with Crippen molar-refractivity contribution in [1.29, 1.82) is 0 Å². The molecule has 13 rings (SSSR count). The number of para-hydroxylation sites is 2. The Hall–Kier alpha value is -8.40. The summed E-state index contributed by atoms with van der Waals surface area (Å²) in [5.41, 5.74) is 20.4. The fourth-order valence-electron chi connectivity index (χ4n) is 11.5. The molecule has 0 radical (unpaired) electrons. The monoisotopic (exact) mass is 858 g/mol. The second-order valence-electron chi connectivity index (χ2n) is 18.5. The van der Waals surface area contributed by atoms with Crippen molar-refractivity contribution in [2.24, 2.45) is 0 Å². The van der Waals surface area contributed by atoms with E-state index in [9.17, 15) is 0 Å². The van der Waals surface area contributed by atoms with E-state index in [-0.39, 0.29) is 5.41 Å². The van der Waals surface area contributed by atoms with Crippen LogP contribution in [0.3, 0.4) is 0 Å². The largest absolute Gasteiger partial charge is 0.456 e.